The molecular weight excluding hydrogens is 447 g/mol. The molecule has 2 aromatic carbocycles. The zero-order chi connectivity index (χ0) is 21.6. The van der Waals surface area contributed by atoms with Gasteiger partial charge >= 0.3 is 0 Å². The van der Waals surface area contributed by atoms with E-state index < -0.39 is 10.0 Å². The second-order valence-corrected chi connectivity index (χ2v) is 9.78. The fourth-order valence-corrected chi connectivity index (χ4v) is 5.02. The van der Waals surface area contributed by atoms with Gasteiger partial charge in [0.05, 0.1) is 21.5 Å². The van der Waals surface area contributed by atoms with Crippen LogP contribution in [0.25, 0.3) is 0 Å². The number of amides is 1. The predicted octanol–water partition coefficient (Wildman–Crippen LogP) is 3.91. The Balaban J connectivity index is 1.38. The van der Waals surface area contributed by atoms with Crippen LogP contribution in [0.3, 0.4) is 0 Å². The molecule has 1 amide bonds. The molecule has 1 aliphatic rings. The standard InChI is InChI=1S/C21H24Cl2N2O4S/c22-19-9-3-16(15-20(19)23)4-10-21(26)24-11-14-29-17-5-7-18(8-6-17)30(27,28)25-12-1-2-13-25/h3,5-9,15H,1-2,4,10-14H2,(H,24,26). The number of hydrogen-bond acceptors (Lipinski definition) is 4. The van der Waals surface area contributed by atoms with Gasteiger partial charge in [-0.25, -0.2) is 8.42 Å². The molecule has 1 saturated heterocycles. The van der Waals surface area contributed by atoms with Crippen LogP contribution < -0.4 is 10.1 Å². The first-order valence-electron chi connectivity index (χ1n) is 9.80. The first-order valence-corrected chi connectivity index (χ1v) is 12.0. The highest BCUT2D eigenvalue weighted by atomic mass is 35.5. The van der Waals surface area contributed by atoms with Crippen molar-refractivity contribution in [1.82, 2.24) is 9.62 Å². The van der Waals surface area contributed by atoms with Crippen LogP contribution in [0.15, 0.2) is 47.4 Å². The van der Waals surface area contributed by atoms with Crippen LogP contribution in [0, 0.1) is 0 Å². The summed E-state index contributed by atoms with van der Waals surface area (Å²) in [5, 5.41) is 3.76. The average molecular weight is 471 g/mol. The Morgan fingerprint density at radius 1 is 1.03 bits per heavy atom. The Labute approximate surface area is 187 Å². The normalized spacial score (nSPS) is 14.6. The van der Waals surface area contributed by atoms with E-state index in [1.54, 1.807) is 36.4 Å². The molecule has 0 atom stereocenters. The first kappa shape index (κ1) is 22.9. The number of halogens is 2. The van der Waals surface area contributed by atoms with Crippen LogP contribution in [0.2, 0.25) is 10.0 Å². The molecule has 0 saturated carbocycles. The predicted molar refractivity (Wildman–Crippen MR) is 118 cm³/mol. The van der Waals surface area contributed by atoms with Gasteiger partial charge in [-0.3, -0.25) is 4.79 Å². The van der Waals surface area contributed by atoms with Gasteiger partial charge in [-0.15, -0.1) is 0 Å². The van der Waals surface area contributed by atoms with Gasteiger partial charge in [-0.2, -0.15) is 4.31 Å². The highest BCUT2D eigenvalue weighted by Crippen LogP contribution is 2.24. The summed E-state index contributed by atoms with van der Waals surface area (Å²) in [6.45, 7) is 1.79. The molecule has 0 unspecified atom stereocenters. The van der Waals surface area contributed by atoms with Crippen LogP contribution in [0.1, 0.15) is 24.8 Å². The van der Waals surface area contributed by atoms with Gasteiger partial charge in [0, 0.05) is 19.5 Å². The number of hydrogen-bond donors (Lipinski definition) is 1. The van der Waals surface area contributed by atoms with Crippen molar-refractivity contribution in [2.45, 2.75) is 30.6 Å². The van der Waals surface area contributed by atoms with Crippen molar-refractivity contribution in [3.8, 4) is 5.75 Å². The number of ether oxygens (including phenoxy) is 1. The minimum Gasteiger partial charge on any atom is -0.492 e. The van der Waals surface area contributed by atoms with Crippen molar-refractivity contribution in [3.63, 3.8) is 0 Å². The summed E-state index contributed by atoms with van der Waals surface area (Å²) in [7, 11) is -3.42. The maximum Gasteiger partial charge on any atom is 0.243 e. The third kappa shape index (κ3) is 6.11. The van der Waals surface area contributed by atoms with Crippen molar-refractivity contribution in [1.29, 1.82) is 0 Å². The van der Waals surface area contributed by atoms with E-state index in [0.29, 0.717) is 48.3 Å². The van der Waals surface area contributed by atoms with Gasteiger partial charge in [0.1, 0.15) is 12.4 Å². The Hall–Kier alpha value is -1.80. The number of benzene rings is 2. The van der Waals surface area contributed by atoms with E-state index in [1.807, 2.05) is 6.07 Å². The molecule has 6 nitrogen and oxygen atoms in total. The number of rotatable bonds is 9. The number of sulfonamides is 1. The van der Waals surface area contributed by atoms with E-state index in [1.165, 1.54) is 4.31 Å². The van der Waals surface area contributed by atoms with E-state index in [0.717, 1.165) is 18.4 Å². The van der Waals surface area contributed by atoms with Gasteiger partial charge in [-0.05, 0) is 61.2 Å². The molecule has 1 N–H and O–H groups in total. The summed E-state index contributed by atoms with van der Waals surface area (Å²) < 4.78 is 32.1. The molecular formula is C21H24Cl2N2O4S. The summed E-state index contributed by atoms with van der Waals surface area (Å²) in [4.78, 5) is 12.2. The lowest BCUT2D eigenvalue weighted by atomic mass is 10.1. The molecule has 1 aliphatic heterocycles. The summed E-state index contributed by atoms with van der Waals surface area (Å²) in [6, 6.07) is 11.7. The largest absolute Gasteiger partial charge is 0.492 e. The number of aryl methyl sites for hydroxylation is 1. The zero-order valence-corrected chi connectivity index (χ0v) is 18.8. The average Bonchev–Trinajstić information content (AvgIpc) is 3.28. The van der Waals surface area contributed by atoms with Crippen LogP contribution in [-0.4, -0.2) is 44.9 Å². The Kier molecular flexibility index (Phi) is 7.99. The van der Waals surface area contributed by atoms with Crippen LogP contribution in [-0.2, 0) is 21.2 Å². The highest BCUT2D eigenvalue weighted by molar-refractivity contribution is 7.89. The third-order valence-electron chi connectivity index (χ3n) is 4.84. The van der Waals surface area contributed by atoms with Gasteiger partial charge in [0.2, 0.25) is 15.9 Å². The minimum atomic E-state index is -3.42. The number of carbonyl (C=O) groups excluding carboxylic acids is 1. The lowest BCUT2D eigenvalue weighted by Gasteiger charge is -2.15. The van der Waals surface area contributed by atoms with E-state index in [2.05, 4.69) is 5.32 Å². The monoisotopic (exact) mass is 470 g/mol. The van der Waals surface area contributed by atoms with E-state index in [9.17, 15) is 13.2 Å². The maximum absolute atomic E-state index is 12.5. The van der Waals surface area contributed by atoms with Crippen molar-refractivity contribution in [3.05, 3.63) is 58.1 Å². The first-order chi connectivity index (χ1) is 14.4. The number of nitrogens with one attached hydrogen (secondary N) is 1. The van der Waals surface area contributed by atoms with Crippen molar-refractivity contribution < 1.29 is 17.9 Å². The van der Waals surface area contributed by atoms with Gasteiger partial charge in [0.25, 0.3) is 0 Å². The molecule has 0 bridgehead atoms. The molecule has 30 heavy (non-hydrogen) atoms. The van der Waals surface area contributed by atoms with E-state index in [-0.39, 0.29) is 17.4 Å². The van der Waals surface area contributed by atoms with Gasteiger partial charge in [0.15, 0.2) is 0 Å². The lowest BCUT2D eigenvalue weighted by Crippen LogP contribution is -2.28. The number of carbonyl (C=O) groups is 1. The van der Waals surface area contributed by atoms with Crippen LogP contribution >= 0.6 is 23.2 Å². The molecule has 1 fully saturated rings. The van der Waals surface area contributed by atoms with Gasteiger partial charge in [-0.1, -0.05) is 29.3 Å². The second-order valence-electron chi connectivity index (χ2n) is 7.03. The summed E-state index contributed by atoms with van der Waals surface area (Å²) in [5.74, 6) is 0.470. The Morgan fingerprint density at radius 3 is 2.40 bits per heavy atom. The number of nitrogens with zero attached hydrogens (tertiary/aromatic N) is 1. The second kappa shape index (κ2) is 10.5. The molecule has 3 rings (SSSR count). The third-order valence-corrected chi connectivity index (χ3v) is 7.50. The topological polar surface area (TPSA) is 75.7 Å². The molecule has 0 aliphatic carbocycles. The molecule has 9 heteroatoms. The molecule has 0 aromatic heterocycles. The summed E-state index contributed by atoms with van der Waals surface area (Å²) in [6.07, 6.45) is 2.71. The molecule has 0 radical (unpaired) electrons. The SMILES string of the molecule is O=C(CCc1ccc(Cl)c(Cl)c1)NCCOc1ccc(S(=O)(=O)N2CCCC2)cc1. The van der Waals surface area contributed by atoms with Crippen molar-refractivity contribution in [2.24, 2.45) is 0 Å². The van der Waals surface area contributed by atoms with E-state index >= 15 is 0 Å². The quantitative estimate of drug-likeness (QED) is 0.563. The lowest BCUT2D eigenvalue weighted by molar-refractivity contribution is -0.121. The fourth-order valence-electron chi connectivity index (χ4n) is 3.19. The van der Waals surface area contributed by atoms with Crippen molar-refractivity contribution in [2.75, 3.05) is 26.2 Å². The van der Waals surface area contributed by atoms with Crippen molar-refractivity contribution >= 4 is 39.1 Å². The Morgan fingerprint density at radius 2 is 1.73 bits per heavy atom. The van der Waals surface area contributed by atoms with E-state index in [4.69, 9.17) is 27.9 Å². The Bertz CT molecular complexity index is 975. The summed E-state index contributed by atoms with van der Waals surface area (Å²) in [5.41, 5.74) is 0.944. The minimum absolute atomic E-state index is 0.0864. The highest BCUT2D eigenvalue weighted by Gasteiger charge is 2.26. The van der Waals surface area contributed by atoms with Crippen LogP contribution in [0.4, 0.5) is 0 Å². The maximum atomic E-state index is 12.5. The molecule has 0 spiro atoms. The molecule has 162 valence electrons. The van der Waals surface area contributed by atoms with Crippen LogP contribution in [0.5, 0.6) is 5.75 Å². The zero-order valence-electron chi connectivity index (χ0n) is 16.4. The smallest absolute Gasteiger partial charge is 0.243 e. The summed E-state index contributed by atoms with van der Waals surface area (Å²) >= 11 is 11.9. The fraction of sp³-hybridized carbons (Fsp3) is 0.381. The van der Waals surface area contributed by atoms with Gasteiger partial charge < -0.3 is 10.1 Å². The molecule has 1 heterocycles. The molecule has 2 aromatic rings.